The maximum Gasteiger partial charge on any atom is 0.223 e. The van der Waals surface area contributed by atoms with Crippen molar-refractivity contribution in [1.29, 1.82) is 0 Å². The van der Waals surface area contributed by atoms with E-state index in [2.05, 4.69) is 15.5 Å². The predicted molar refractivity (Wildman–Crippen MR) is 106 cm³/mol. The summed E-state index contributed by atoms with van der Waals surface area (Å²) >= 11 is 0. The van der Waals surface area contributed by atoms with Crippen LogP contribution in [0.5, 0.6) is 0 Å². The molecule has 1 atom stereocenters. The highest BCUT2D eigenvalue weighted by Crippen LogP contribution is 2.32. The summed E-state index contributed by atoms with van der Waals surface area (Å²) in [6.45, 7) is 2.40. The van der Waals surface area contributed by atoms with Crippen molar-refractivity contribution in [1.82, 2.24) is 15.5 Å². The molecule has 1 aromatic rings. The number of nitrogens with one attached hydrogen (secondary N) is 2. The molecule has 1 saturated heterocycles. The number of hydrogen-bond donors (Lipinski definition) is 2. The van der Waals surface area contributed by atoms with Crippen molar-refractivity contribution < 1.29 is 9.21 Å². The fraction of sp³-hybridized carbons (Fsp3) is 0.714. The minimum atomic E-state index is 0.324. The van der Waals surface area contributed by atoms with Crippen LogP contribution < -0.4 is 10.6 Å². The molecular formula is C21H32N4O2. The number of carbonyl (C=O) groups excluding carboxylic acids is 1. The molecule has 0 bridgehead atoms. The number of nitrogens with zero attached hydrogens (tertiary/aromatic N) is 2. The molecule has 3 fully saturated rings. The standard InChI is InChI=1S/C21H32N4O2/c26-20-13-16(15-25(20)18-8-9-18)14-23-21(24-17-5-2-1-3-6-17)22-11-10-19-7-4-12-27-19/h4,7,12,16-18H,1-3,5-6,8-11,13-15H2,(H2,22,23,24). The van der Waals surface area contributed by atoms with Gasteiger partial charge in [-0.1, -0.05) is 19.3 Å². The first-order chi connectivity index (χ1) is 13.3. The monoisotopic (exact) mass is 372 g/mol. The Bertz CT molecular complexity index is 633. The number of rotatable bonds is 7. The number of hydrogen-bond acceptors (Lipinski definition) is 3. The molecule has 6 nitrogen and oxygen atoms in total. The molecule has 27 heavy (non-hydrogen) atoms. The molecule has 2 heterocycles. The van der Waals surface area contributed by atoms with Crippen molar-refractivity contribution in [2.75, 3.05) is 19.6 Å². The van der Waals surface area contributed by atoms with Gasteiger partial charge < -0.3 is 20.0 Å². The van der Waals surface area contributed by atoms with Crippen LogP contribution in [0.1, 0.15) is 57.1 Å². The molecule has 0 radical (unpaired) electrons. The Morgan fingerprint density at radius 3 is 2.81 bits per heavy atom. The lowest BCUT2D eigenvalue weighted by Crippen LogP contribution is -2.45. The van der Waals surface area contributed by atoms with Crippen molar-refractivity contribution in [2.45, 2.75) is 69.9 Å². The summed E-state index contributed by atoms with van der Waals surface area (Å²) in [7, 11) is 0. The highest BCUT2D eigenvalue weighted by molar-refractivity contribution is 5.81. The van der Waals surface area contributed by atoms with Crippen LogP contribution in [0.2, 0.25) is 0 Å². The fourth-order valence-corrected chi connectivity index (χ4v) is 4.24. The molecule has 1 amide bonds. The summed E-state index contributed by atoms with van der Waals surface area (Å²) in [5, 5.41) is 7.09. The first-order valence-electron chi connectivity index (χ1n) is 10.6. The lowest BCUT2D eigenvalue weighted by atomic mass is 9.96. The molecule has 148 valence electrons. The lowest BCUT2D eigenvalue weighted by Gasteiger charge is -2.25. The second-order valence-corrected chi connectivity index (χ2v) is 8.27. The molecular weight excluding hydrogens is 340 g/mol. The summed E-state index contributed by atoms with van der Waals surface area (Å²) in [6, 6.07) is 4.97. The van der Waals surface area contributed by atoms with E-state index in [-0.39, 0.29) is 0 Å². The third-order valence-electron chi connectivity index (χ3n) is 5.92. The highest BCUT2D eigenvalue weighted by atomic mass is 16.3. The molecule has 6 heteroatoms. The average Bonchev–Trinajstić information content (AvgIpc) is 3.25. The van der Waals surface area contributed by atoms with Gasteiger partial charge in [0.2, 0.25) is 5.91 Å². The normalized spacial score (nSPS) is 24.4. The Morgan fingerprint density at radius 2 is 2.07 bits per heavy atom. The molecule has 0 spiro atoms. The molecule has 1 aromatic heterocycles. The summed E-state index contributed by atoms with van der Waals surface area (Å²) in [4.78, 5) is 19.1. The molecule has 0 aromatic carbocycles. The molecule has 2 N–H and O–H groups in total. The predicted octanol–water partition coefficient (Wildman–Crippen LogP) is 2.70. The van der Waals surface area contributed by atoms with Crippen molar-refractivity contribution in [2.24, 2.45) is 10.9 Å². The van der Waals surface area contributed by atoms with Crippen molar-refractivity contribution in [3.8, 4) is 0 Å². The summed E-state index contributed by atoms with van der Waals surface area (Å²) < 4.78 is 5.42. The quantitative estimate of drug-likeness (QED) is 0.570. The molecule has 2 saturated carbocycles. The zero-order valence-electron chi connectivity index (χ0n) is 16.2. The van der Waals surface area contributed by atoms with Crippen LogP contribution in [0.15, 0.2) is 27.8 Å². The van der Waals surface area contributed by atoms with Crippen molar-refractivity contribution in [3.63, 3.8) is 0 Å². The number of amides is 1. The van der Waals surface area contributed by atoms with Crippen LogP contribution >= 0.6 is 0 Å². The Hall–Kier alpha value is -1.98. The van der Waals surface area contributed by atoms with E-state index < -0.39 is 0 Å². The molecule has 3 aliphatic rings. The maximum absolute atomic E-state index is 12.2. The van der Waals surface area contributed by atoms with Gasteiger partial charge in [0.1, 0.15) is 5.76 Å². The second kappa shape index (κ2) is 8.81. The van der Waals surface area contributed by atoms with E-state index in [1.165, 1.54) is 44.9 Å². The highest BCUT2D eigenvalue weighted by Gasteiger charge is 2.39. The van der Waals surface area contributed by atoms with Crippen LogP contribution in [0.4, 0.5) is 0 Å². The van der Waals surface area contributed by atoms with Crippen molar-refractivity contribution in [3.05, 3.63) is 24.2 Å². The third-order valence-corrected chi connectivity index (χ3v) is 5.92. The minimum Gasteiger partial charge on any atom is -0.469 e. The van der Waals surface area contributed by atoms with Crippen LogP contribution in [0.25, 0.3) is 0 Å². The average molecular weight is 373 g/mol. The van der Waals surface area contributed by atoms with Gasteiger partial charge in [0.25, 0.3) is 0 Å². The zero-order chi connectivity index (χ0) is 18.5. The summed E-state index contributed by atoms with van der Waals surface area (Å²) in [6.07, 6.45) is 12.0. The Kier molecular flexibility index (Phi) is 6.00. The number of furan rings is 1. The van der Waals surface area contributed by atoms with E-state index in [4.69, 9.17) is 9.41 Å². The van der Waals surface area contributed by atoms with Crippen LogP contribution in [-0.2, 0) is 11.2 Å². The lowest BCUT2D eigenvalue weighted by molar-refractivity contribution is -0.128. The topological polar surface area (TPSA) is 69.9 Å². The van der Waals surface area contributed by atoms with Gasteiger partial charge >= 0.3 is 0 Å². The number of carbonyl (C=O) groups is 1. The second-order valence-electron chi connectivity index (χ2n) is 8.27. The third kappa shape index (κ3) is 5.27. The number of aliphatic imine (C=N–C) groups is 1. The van der Waals surface area contributed by atoms with Gasteiger partial charge in [-0.3, -0.25) is 9.79 Å². The van der Waals surface area contributed by atoms with Gasteiger partial charge in [-0.05, 0) is 37.8 Å². The molecule has 2 aliphatic carbocycles. The van der Waals surface area contributed by atoms with Gasteiger partial charge in [0, 0.05) is 50.5 Å². The fourth-order valence-electron chi connectivity index (χ4n) is 4.24. The van der Waals surface area contributed by atoms with E-state index in [1.807, 2.05) is 12.1 Å². The van der Waals surface area contributed by atoms with E-state index in [0.29, 0.717) is 30.3 Å². The van der Waals surface area contributed by atoms with Gasteiger partial charge in [-0.25, -0.2) is 0 Å². The summed E-state index contributed by atoms with van der Waals surface area (Å²) in [5.74, 6) is 2.56. The van der Waals surface area contributed by atoms with E-state index in [0.717, 1.165) is 37.8 Å². The largest absolute Gasteiger partial charge is 0.469 e. The van der Waals surface area contributed by atoms with Gasteiger partial charge in [0.15, 0.2) is 5.96 Å². The van der Waals surface area contributed by atoms with E-state index >= 15 is 0 Å². The van der Waals surface area contributed by atoms with Crippen LogP contribution in [-0.4, -0.2) is 48.5 Å². The SMILES string of the molecule is O=C1CC(CN=C(NCCc2ccco2)NC2CCCCC2)CN1C1CC1. The van der Waals surface area contributed by atoms with E-state index in [9.17, 15) is 4.79 Å². The maximum atomic E-state index is 12.2. The van der Waals surface area contributed by atoms with Gasteiger partial charge in [0.05, 0.1) is 6.26 Å². The summed E-state index contributed by atoms with van der Waals surface area (Å²) in [5.41, 5.74) is 0. The van der Waals surface area contributed by atoms with Crippen molar-refractivity contribution >= 4 is 11.9 Å². The van der Waals surface area contributed by atoms with Crippen LogP contribution in [0, 0.1) is 5.92 Å². The van der Waals surface area contributed by atoms with Gasteiger partial charge in [-0.2, -0.15) is 0 Å². The first-order valence-corrected chi connectivity index (χ1v) is 10.6. The minimum absolute atomic E-state index is 0.324. The zero-order valence-corrected chi connectivity index (χ0v) is 16.2. The number of likely N-dealkylation sites (tertiary alicyclic amines) is 1. The Balaban J connectivity index is 1.30. The Labute approximate surface area is 161 Å². The molecule has 1 unspecified atom stereocenters. The van der Waals surface area contributed by atoms with Crippen LogP contribution in [0.3, 0.4) is 0 Å². The molecule has 4 rings (SSSR count). The first kappa shape index (κ1) is 18.4. The number of guanidine groups is 1. The van der Waals surface area contributed by atoms with E-state index in [1.54, 1.807) is 6.26 Å². The smallest absolute Gasteiger partial charge is 0.223 e. The van der Waals surface area contributed by atoms with Gasteiger partial charge in [-0.15, -0.1) is 0 Å². The molecule has 1 aliphatic heterocycles. The Morgan fingerprint density at radius 1 is 1.22 bits per heavy atom.